The third-order valence-electron chi connectivity index (χ3n) is 5.91. The van der Waals surface area contributed by atoms with Crippen molar-refractivity contribution < 1.29 is 9.00 Å². The highest BCUT2D eigenvalue weighted by Crippen LogP contribution is 2.47. The molecule has 3 fully saturated rings. The third-order valence-corrected chi connectivity index (χ3v) is 7.65. The zero-order chi connectivity index (χ0) is 15.0. The van der Waals surface area contributed by atoms with Crippen LogP contribution in [0.1, 0.15) is 51.9 Å². The minimum Gasteiger partial charge on any atom is -0.353 e. The van der Waals surface area contributed by atoms with Gasteiger partial charge in [-0.25, -0.2) is 0 Å². The second-order valence-corrected chi connectivity index (χ2v) is 9.11. The van der Waals surface area contributed by atoms with E-state index in [1.54, 1.807) is 0 Å². The number of carbonyl (C=O) groups is 1. The highest BCUT2D eigenvalue weighted by atomic mass is 35.5. The first-order valence-electron chi connectivity index (χ1n) is 8.53. The van der Waals surface area contributed by atoms with Gasteiger partial charge in [0.2, 0.25) is 5.91 Å². The average molecular weight is 349 g/mol. The van der Waals surface area contributed by atoms with Crippen molar-refractivity contribution in [3.63, 3.8) is 0 Å². The van der Waals surface area contributed by atoms with Gasteiger partial charge < -0.3 is 11.1 Å². The van der Waals surface area contributed by atoms with Crippen molar-refractivity contribution in [2.45, 2.75) is 69.2 Å². The summed E-state index contributed by atoms with van der Waals surface area (Å²) in [5.41, 5.74) is 6.26. The normalized spacial score (nSPS) is 41.7. The Bertz CT molecular complexity index is 432. The predicted octanol–water partition coefficient (Wildman–Crippen LogP) is 1.98. The molecule has 2 bridgehead atoms. The highest BCUT2D eigenvalue weighted by Gasteiger charge is 2.49. The van der Waals surface area contributed by atoms with Crippen LogP contribution in [0.2, 0.25) is 0 Å². The highest BCUT2D eigenvalue weighted by molar-refractivity contribution is 7.85. The fourth-order valence-electron chi connectivity index (χ4n) is 4.77. The van der Waals surface area contributed by atoms with E-state index in [-0.39, 0.29) is 41.6 Å². The maximum atomic E-state index is 12.6. The van der Waals surface area contributed by atoms with Crippen LogP contribution in [-0.2, 0) is 15.6 Å². The van der Waals surface area contributed by atoms with Gasteiger partial charge in [0.25, 0.3) is 0 Å². The standard InChI is InChI=1S/C16H28N2O2S.ClH/c1-2-21(20)13-5-3-4-12(9-13)18-16(19)14-10-6-7-11(8-10)15(14)17;/h10-15H,2-9,17H2,1H3,(H,18,19);1H. The Morgan fingerprint density at radius 2 is 1.91 bits per heavy atom. The van der Waals surface area contributed by atoms with Gasteiger partial charge >= 0.3 is 0 Å². The lowest BCUT2D eigenvalue weighted by Crippen LogP contribution is -2.49. The van der Waals surface area contributed by atoms with Crippen molar-refractivity contribution in [3.05, 3.63) is 0 Å². The summed E-state index contributed by atoms with van der Waals surface area (Å²) in [6.45, 7) is 1.98. The first-order chi connectivity index (χ1) is 10.1. The van der Waals surface area contributed by atoms with Crippen LogP contribution in [0, 0.1) is 17.8 Å². The van der Waals surface area contributed by atoms with Crippen LogP contribution in [-0.4, -0.2) is 33.2 Å². The molecule has 0 aromatic carbocycles. The molecule has 128 valence electrons. The van der Waals surface area contributed by atoms with Crippen LogP contribution in [0.3, 0.4) is 0 Å². The van der Waals surface area contributed by atoms with Crippen molar-refractivity contribution in [2.75, 3.05) is 5.75 Å². The average Bonchev–Trinajstić information content (AvgIpc) is 3.07. The molecular formula is C16H29ClN2O2S. The first kappa shape index (κ1) is 18.2. The number of carbonyl (C=O) groups excluding carboxylic acids is 1. The molecule has 1 amide bonds. The Hall–Kier alpha value is -0.130. The summed E-state index contributed by atoms with van der Waals surface area (Å²) >= 11 is 0. The van der Waals surface area contributed by atoms with Crippen molar-refractivity contribution in [1.82, 2.24) is 5.32 Å². The minimum absolute atomic E-state index is 0. The summed E-state index contributed by atoms with van der Waals surface area (Å²) in [6, 6.07) is 0.269. The summed E-state index contributed by atoms with van der Waals surface area (Å²) in [4.78, 5) is 12.6. The molecule has 3 N–H and O–H groups in total. The van der Waals surface area contributed by atoms with E-state index >= 15 is 0 Å². The molecule has 0 heterocycles. The van der Waals surface area contributed by atoms with E-state index < -0.39 is 10.8 Å². The number of amides is 1. The van der Waals surface area contributed by atoms with E-state index in [9.17, 15) is 9.00 Å². The van der Waals surface area contributed by atoms with Crippen LogP contribution in [0.4, 0.5) is 0 Å². The molecule has 3 saturated carbocycles. The van der Waals surface area contributed by atoms with E-state index in [2.05, 4.69) is 5.32 Å². The van der Waals surface area contributed by atoms with Gasteiger partial charge in [0.1, 0.15) is 0 Å². The number of nitrogens with one attached hydrogen (secondary N) is 1. The topological polar surface area (TPSA) is 72.2 Å². The number of nitrogens with two attached hydrogens (primary N) is 1. The molecule has 7 unspecified atom stereocenters. The molecule has 0 aromatic rings. The monoisotopic (exact) mass is 348 g/mol. The summed E-state index contributed by atoms with van der Waals surface area (Å²) in [5.74, 6) is 2.00. The van der Waals surface area contributed by atoms with Crippen LogP contribution < -0.4 is 11.1 Å². The lowest BCUT2D eigenvalue weighted by atomic mass is 9.83. The number of rotatable bonds is 4. The maximum Gasteiger partial charge on any atom is 0.225 e. The van der Waals surface area contributed by atoms with Gasteiger partial charge in [-0.2, -0.15) is 0 Å². The fraction of sp³-hybridized carbons (Fsp3) is 0.938. The lowest BCUT2D eigenvalue weighted by Gasteiger charge is -2.32. The SMILES string of the molecule is CCS(=O)C1CCCC(NC(=O)C2C3CCC(C3)C2N)C1.Cl. The van der Waals surface area contributed by atoms with Crippen molar-refractivity contribution in [2.24, 2.45) is 23.5 Å². The van der Waals surface area contributed by atoms with Crippen LogP contribution in [0.5, 0.6) is 0 Å². The molecule has 7 atom stereocenters. The molecule has 0 aromatic heterocycles. The quantitative estimate of drug-likeness (QED) is 0.816. The Morgan fingerprint density at radius 1 is 1.18 bits per heavy atom. The largest absolute Gasteiger partial charge is 0.353 e. The molecule has 3 aliphatic carbocycles. The van der Waals surface area contributed by atoms with Crippen molar-refractivity contribution in [3.8, 4) is 0 Å². The zero-order valence-corrected chi connectivity index (χ0v) is 15.0. The molecule has 0 aliphatic heterocycles. The van der Waals surface area contributed by atoms with Crippen molar-refractivity contribution in [1.29, 1.82) is 0 Å². The van der Waals surface area contributed by atoms with Gasteiger partial charge in [0.15, 0.2) is 0 Å². The molecule has 3 rings (SSSR count). The lowest BCUT2D eigenvalue weighted by molar-refractivity contribution is -0.128. The summed E-state index contributed by atoms with van der Waals surface area (Å²) in [6.07, 6.45) is 7.54. The van der Waals surface area contributed by atoms with E-state index in [1.807, 2.05) is 6.92 Å². The number of halogens is 1. The number of hydrogen-bond acceptors (Lipinski definition) is 3. The van der Waals surface area contributed by atoms with E-state index in [0.717, 1.165) is 37.9 Å². The van der Waals surface area contributed by atoms with Crippen molar-refractivity contribution >= 4 is 29.1 Å². The molecule has 4 nitrogen and oxygen atoms in total. The van der Waals surface area contributed by atoms with E-state index in [1.165, 1.54) is 12.8 Å². The maximum absolute atomic E-state index is 12.6. The number of hydrogen-bond donors (Lipinski definition) is 2. The Balaban J connectivity index is 0.00000176. The van der Waals surface area contributed by atoms with Gasteiger partial charge in [-0.05, 0) is 50.4 Å². The van der Waals surface area contributed by atoms with E-state index in [0.29, 0.717) is 11.8 Å². The molecular weight excluding hydrogens is 320 g/mol. The van der Waals surface area contributed by atoms with Gasteiger partial charge in [0.05, 0.1) is 5.92 Å². The van der Waals surface area contributed by atoms with Gasteiger partial charge in [-0.3, -0.25) is 9.00 Å². The van der Waals surface area contributed by atoms with Gasteiger partial charge in [-0.15, -0.1) is 12.4 Å². The molecule has 6 heteroatoms. The second-order valence-electron chi connectivity index (χ2n) is 7.10. The molecule has 0 saturated heterocycles. The Morgan fingerprint density at radius 3 is 2.55 bits per heavy atom. The van der Waals surface area contributed by atoms with Crippen LogP contribution >= 0.6 is 12.4 Å². The smallest absolute Gasteiger partial charge is 0.225 e. The Kier molecular flexibility index (Phi) is 6.31. The van der Waals surface area contributed by atoms with Crippen LogP contribution in [0.15, 0.2) is 0 Å². The van der Waals surface area contributed by atoms with E-state index in [4.69, 9.17) is 5.73 Å². The molecule has 22 heavy (non-hydrogen) atoms. The third kappa shape index (κ3) is 3.51. The van der Waals surface area contributed by atoms with Gasteiger partial charge in [0, 0.05) is 33.9 Å². The zero-order valence-electron chi connectivity index (χ0n) is 13.3. The summed E-state index contributed by atoms with van der Waals surface area (Å²) < 4.78 is 12.0. The molecule has 0 spiro atoms. The fourth-order valence-corrected chi connectivity index (χ4v) is 6.12. The molecule has 0 radical (unpaired) electrons. The molecule has 3 aliphatic rings. The minimum atomic E-state index is -0.735. The first-order valence-corrected chi connectivity index (χ1v) is 9.91. The summed E-state index contributed by atoms with van der Waals surface area (Å²) in [5, 5.41) is 3.50. The Labute approximate surface area is 142 Å². The number of fused-ring (bicyclic) bond motifs is 2. The predicted molar refractivity (Wildman–Crippen MR) is 92.4 cm³/mol. The summed E-state index contributed by atoms with van der Waals surface area (Å²) in [7, 11) is -0.735. The van der Waals surface area contributed by atoms with Crippen LogP contribution in [0.25, 0.3) is 0 Å². The second kappa shape index (κ2) is 7.63. The van der Waals surface area contributed by atoms with Gasteiger partial charge in [-0.1, -0.05) is 13.3 Å².